The lowest BCUT2D eigenvalue weighted by atomic mass is 10.0. The Balaban J connectivity index is 1.66. The third kappa shape index (κ3) is 2.93. The number of methoxy groups -OCH3 is 1. The van der Waals surface area contributed by atoms with Gasteiger partial charge in [0.2, 0.25) is 5.88 Å². The molecule has 0 spiro atoms. The zero-order chi connectivity index (χ0) is 16.5. The van der Waals surface area contributed by atoms with Crippen LogP contribution in [0.15, 0.2) is 39.9 Å². The van der Waals surface area contributed by atoms with Crippen LogP contribution in [0.4, 0.5) is 11.4 Å². The molecule has 4 nitrogen and oxygen atoms in total. The number of piperidine rings is 1. The highest BCUT2D eigenvalue weighted by molar-refractivity contribution is 9.10. The predicted molar refractivity (Wildman–Crippen MR) is 101 cm³/mol. The van der Waals surface area contributed by atoms with Crippen LogP contribution in [-0.4, -0.2) is 30.9 Å². The number of halogens is 1. The number of ether oxygens (including phenoxy) is 1. The maximum absolute atomic E-state index is 5.41. The Labute approximate surface area is 150 Å². The highest BCUT2D eigenvalue weighted by atomic mass is 79.9. The summed E-state index contributed by atoms with van der Waals surface area (Å²) >= 11 is 3.49. The van der Waals surface area contributed by atoms with Crippen LogP contribution in [0.25, 0.3) is 0 Å². The molecule has 2 aromatic rings. The van der Waals surface area contributed by atoms with Crippen molar-refractivity contribution in [1.29, 1.82) is 0 Å². The van der Waals surface area contributed by atoms with E-state index in [2.05, 4.69) is 44.0 Å². The average Bonchev–Trinajstić information content (AvgIpc) is 3.05. The molecule has 0 aliphatic carbocycles. The van der Waals surface area contributed by atoms with Crippen LogP contribution >= 0.6 is 15.9 Å². The van der Waals surface area contributed by atoms with E-state index in [0.717, 1.165) is 40.9 Å². The Morgan fingerprint density at radius 1 is 1.12 bits per heavy atom. The van der Waals surface area contributed by atoms with Crippen LogP contribution in [0, 0.1) is 0 Å². The summed E-state index contributed by atoms with van der Waals surface area (Å²) in [5, 5.41) is 0. The molecule has 1 saturated heterocycles. The van der Waals surface area contributed by atoms with Gasteiger partial charge in [0, 0.05) is 35.9 Å². The molecule has 2 aliphatic heterocycles. The molecule has 0 saturated carbocycles. The Bertz CT molecular complexity index is 797. The van der Waals surface area contributed by atoms with Crippen LogP contribution in [0.5, 0.6) is 5.88 Å². The van der Waals surface area contributed by atoms with Gasteiger partial charge in [-0.1, -0.05) is 6.07 Å². The molecule has 4 rings (SSSR count). The SMILES string of the molecule is COc1ncc(Br)cc1C1=Nc2cc(N3CCCCC3)ccc2C1. The third-order valence-corrected chi connectivity index (χ3v) is 5.16. The number of aliphatic imine (C=N–C) groups is 1. The van der Waals surface area contributed by atoms with Crippen molar-refractivity contribution in [2.24, 2.45) is 4.99 Å². The maximum Gasteiger partial charge on any atom is 0.222 e. The standard InChI is InChI=1S/C19H20BrN3O/c1-24-19-16(10-14(20)12-21-19)18-9-13-5-6-15(11-17(13)22-18)23-7-3-2-4-8-23/h5-6,10-12H,2-4,7-9H2,1H3. The first-order valence-electron chi connectivity index (χ1n) is 8.40. The molecule has 0 atom stereocenters. The zero-order valence-electron chi connectivity index (χ0n) is 13.8. The van der Waals surface area contributed by atoms with Crippen molar-refractivity contribution < 1.29 is 4.74 Å². The molecule has 124 valence electrons. The minimum atomic E-state index is 0.626. The number of rotatable bonds is 3. The van der Waals surface area contributed by atoms with Crippen LogP contribution in [0.3, 0.4) is 0 Å². The molecule has 1 fully saturated rings. The smallest absolute Gasteiger partial charge is 0.222 e. The van der Waals surface area contributed by atoms with E-state index in [1.807, 2.05) is 6.07 Å². The molecule has 0 unspecified atom stereocenters. The zero-order valence-corrected chi connectivity index (χ0v) is 15.3. The number of anilines is 1. The minimum Gasteiger partial charge on any atom is -0.481 e. The molecule has 2 aliphatic rings. The van der Waals surface area contributed by atoms with Gasteiger partial charge in [-0.2, -0.15) is 0 Å². The summed E-state index contributed by atoms with van der Waals surface area (Å²) in [7, 11) is 1.65. The fourth-order valence-corrected chi connectivity index (χ4v) is 3.80. The number of pyridine rings is 1. The van der Waals surface area contributed by atoms with Gasteiger partial charge in [0.25, 0.3) is 0 Å². The lowest BCUT2D eigenvalue weighted by molar-refractivity contribution is 0.397. The van der Waals surface area contributed by atoms with Gasteiger partial charge in [0.05, 0.1) is 24.1 Å². The Hall–Kier alpha value is -1.88. The van der Waals surface area contributed by atoms with E-state index in [1.165, 1.54) is 30.5 Å². The second-order valence-corrected chi connectivity index (χ2v) is 7.22. The van der Waals surface area contributed by atoms with E-state index in [1.54, 1.807) is 13.3 Å². The average molecular weight is 386 g/mol. The van der Waals surface area contributed by atoms with Gasteiger partial charge in [-0.05, 0) is 59.0 Å². The van der Waals surface area contributed by atoms with Gasteiger partial charge in [0.15, 0.2) is 0 Å². The fraction of sp³-hybridized carbons (Fsp3) is 0.368. The van der Waals surface area contributed by atoms with Crippen molar-refractivity contribution in [3.05, 3.63) is 46.1 Å². The lowest BCUT2D eigenvalue weighted by Gasteiger charge is -2.29. The van der Waals surface area contributed by atoms with Gasteiger partial charge in [-0.25, -0.2) is 4.98 Å². The molecular formula is C19H20BrN3O. The van der Waals surface area contributed by atoms with Crippen molar-refractivity contribution in [1.82, 2.24) is 4.98 Å². The van der Waals surface area contributed by atoms with Crippen LogP contribution in [0.1, 0.15) is 30.4 Å². The molecule has 3 heterocycles. The predicted octanol–water partition coefficient (Wildman–Crippen LogP) is 4.52. The number of benzene rings is 1. The van der Waals surface area contributed by atoms with E-state index >= 15 is 0 Å². The first-order chi connectivity index (χ1) is 11.7. The second kappa shape index (κ2) is 6.55. The van der Waals surface area contributed by atoms with E-state index in [0.29, 0.717) is 5.88 Å². The summed E-state index contributed by atoms with van der Waals surface area (Å²) < 4.78 is 6.35. The summed E-state index contributed by atoms with van der Waals surface area (Å²) in [5.74, 6) is 0.626. The van der Waals surface area contributed by atoms with Crippen LogP contribution in [0.2, 0.25) is 0 Å². The topological polar surface area (TPSA) is 37.7 Å². The molecule has 0 N–H and O–H groups in total. The highest BCUT2D eigenvalue weighted by Gasteiger charge is 2.21. The minimum absolute atomic E-state index is 0.626. The van der Waals surface area contributed by atoms with Gasteiger partial charge in [-0.3, -0.25) is 4.99 Å². The summed E-state index contributed by atoms with van der Waals surface area (Å²) in [6.07, 6.45) is 6.49. The van der Waals surface area contributed by atoms with Gasteiger partial charge < -0.3 is 9.64 Å². The molecule has 0 radical (unpaired) electrons. The lowest BCUT2D eigenvalue weighted by Crippen LogP contribution is -2.29. The second-order valence-electron chi connectivity index (χ2n) is 6.31. The summed E-state index contributed by atoms with van der Waals surface area (Å²) in [4.78, 5) is 11.7. The molecule has 1 aromatic heterocycles. The fourth-order valence-electron chi connectivity index (χ4n) is 3.47. The number of hydrogen-bond acceptors (Lipinski definition) is 4. The number of hydrogen-bond donors (Lipinski definition) is 0. The van der Waals surface area contributed by atoms with Crippen molar-refractivity contribution in [3.8, 4) is 5.88 Å². The quantitative estimate of drug-likeness (QED) is 0.779. The van der Waals surface area contributed by atoms with Gasteiger partial charge in [0.1, 0.15) is 0 Å². The van der Waals surface area contributed by atoms with Crippen molar-refractivity contribution in [2.45, 2.75) is 25.7 Å². The molecule has 0 bridgehead atoms. The molecule has 5 heteroatoms. The third-order valence-electron chi connectivity index (χ3n) is 4.73. The van der Waals surface area contributed by atoms with Gasteiger partial charge in [-0.15, -0.1) is 0 Å². The normalized spacial score (nSPS) is 16.8. The van der Waals surface area contributed by atoms with Crippen molar-refractivity contribution in [3.63, 3.8) is 0 Å². The van der Waals surface area contributed by atoms with Crippen molar-refractivity contribution in [2.75, 3.05) is 25.1 Å². The molecular weight excluding hydrogens is 366 g/mol. The summed E-state index contributed by atoms with van der Waals surface area (Å²) in [6.45, 7) is 2.30. The molecule has 24 heavy (non-hydrogen) atoms. The van der Waals surface area contributed by atoms with Crippen LogP contribution in [-0.2, 0) is 6.42 Å². The maximum atomic E-state index is 5.41. The number of fused-ring (bicyclic) bond motifs is 1. The first kappa shape index (κ1) is 15.6. The van der Waals surface area contributed by atoms with E-state index in [9.17, 15) is 0 Å². The van der Waals surface area contributed by atoms with E-state index in [4.69, 9.17) is 9.73 Å². The number of aromatic nitrogens is 1. The number of nitrogens with zero attached hydrogens (tertiary/aromatic N) is 3. The Morgan fingerprint density at radius 2 is 1.96 bits per heavy atom. The van der Waals surface area contributed by atoms with Crippen molar-refractivity contribution >= 4 is 33.0 Å². The Kier molecular flexibility index (Phi) is 4.27. The summed E-state index contributed by atoms with van der Waals surface area (Å²) in [5.41, 5.74) is 5.62. The molecule has 1 aromatic carbocycles. The van der Waals surface area contributed by atoms with E-state index < -0.39 is 0 Å². The van der Waals surface area contributed by atoms with E-state index in [-0.39, 0.29) is 0 Å². The highest BCUT2D eigenvalue weighted by Crippen LogP contribution is 2.35. The largest absolute Gasteiger partial charge is 0.481 e. The monoisotopic (exact) mass is 385 g/mol. The first-order valence-corrected chi connectivity index (χ1v) is 9.19. The Morgan fingerprint density at radius 3 is 2.75 bits per heavy atom. The van der Waals surface area contributed by atoms with Crippen LogP contribution < -0.4 is 9.64 Å². The van der Waals surface area contributed by atoms with Gasteiger partial charge >= 0.3 is 0 Å². The summed E-state index contributed by atoms with van der Waals surface area (Å²) in [6, 6.07) is 8.71. The molecule has 0 amide bonds.